The molecule has 0 bridgehead atoms. The Morgan fingerprint density at radius 1 is 1.41 bits per heavy atom. The normalized spacial score (nSPS) is 12.2. The molecule has 0 aliphatic heterocycles. The third-order valence-corrected chi connectivity index (χ3v) is 3.00. The molecule has 1 heterocycles. The van der Waals surface area contributed by atoms with Gasteiger partial charge in [0.15, 0.2) is 5.78 Å². The Hall–Kier alpha value is -1.38. The highest BCUT2D eigenvalue weighted by Gasteiger charge is 2.18. The molecule has 1 aromatic heterocycles. The van der Waals surface area contributed by atoms with Crippen molar-refractivity contribution in [1.82, 2.24) is 4.98 Å². The van der Waals surface area contributed by atoms with Gasteiger partial charge < -0.3 is 4.74 Å². The van der Waals surface area contributed by atoms with Crippen molar-refractivity contribution in [2.24, 2.45) is 5.92 Å². The Morgan fingerprint density at radius 2 is 2.18 bits per heavy atom. The van der Waals surface area contributed by atoms with Gasteiger partial charge in [-0.3, -0.25) is 9.78 Å². The number of aromatic nitrogens is 1. The number of ketones is 1. The summed E-state index contributed by atoms with van der Waals surface area (Å²) >= 11 is 0. The molecule has 94 valence electrons. The van der Waals surface area contributed by atoms with Crippen molar-refractivity contribution >= 4 is 5.78 Å². The summed E-state index contributed by atoms with van der Waals surface area (Å²) in [6.45, 7) is 4.20. The van der Waals surface area contributed by atoms with Crippen LogP contribution in [0, 0.1) is 5.92 Å². The molecule has 3 nitrogen and oxygen atoms in total. The lowest BCUT2D eigenvalue weighted by Crippen LogP contribution is -2.14. The molecule has 0 fully saturated rings. The molecule has 1 rings (SSSR count). The molecule has 1 unspecified atom stereocenters. The van der Waals surface area contributed by atoms with E-state index in [2.05, 4.69) is 18.8 Å². The number of hydrogen-bond acceptors (Lipinski definition) is 3. The number of hydrogen-bond donors (Lipinski definition) is 0. The number of Topliss-reactive ketones (excluding diaryl/α,β-unsaturated/α-hetero) is 1. The van der Waals surface area contributed by atoms with Crippen LogP contribution < -0.4 is 4.74 Å². The van der Waals surface area contributed by atoms with Crippen LogP contribution in [0.15, 0.2) is 18.5 Å². The van der Waals surface area contributed by atoms with E-state index in [0.717, 1.165) is 25.7 Å². The van der Waals surface area contributed by atoms with Gasteiger partial charge in [-0.1, -0.05) is 26.7 Å². The van der Waals surface area contributed by atoms with E-state index in [9.17, 15) is 4.79 Å². The number of nitrogens with zero attached hydrogens (tertiary/aromatic N) is 1. The summed E-state index contributed by atoms with van der Waals surface area (Å²) < 4.78 is 5.08. The fourth-order valence-electron chi connectivity index (χ4n) is 1.87. The van der Waals surface area contributed by atoms with Gasteiger partial charge in [0.25, 0.3) is 0 Å². The summed E-state index contributed by atoms with van der Waals surface area (Å²) in [4.78, 5) is 16.3. The number of carbonyl (C=O) groups excluding carboxylic acids is 1. The van der Waals surface area contributed by atoms with Crippen LogP contribution in [0.4, 0.5) is 0 Å². The van der Waals surface area contributed by atoms with E-state index in [4.69, 9.17) is 4.74 Å². The fourth-order valence-corrected chi connectivity index (χ4v) is 1.87. The quantitative estimate of drug-likeness (QED) is 0.679. The van der Waals surface area contributed by atoms with Crippen molar-refractivity contribution in [2.75, 3.05) is 7.11 Å². The predicted molar refractivity (Wildman–Crippen MR) is 68.4 cm³/mol. The summed E-state index contributed by atoms with van der Waals surface area (Å²) in [5, 5.41) is 0. The van der Waals surface area contributed by atoms with Gasteiger partial charge in [-0.2, -0.15) is 0 Å². The highest BCUT2D eigenvalue weighted by Crippen LogP contribution is 2.20. The number of methoxy groups -OCH3 is 1. The van der Waals surface area contributed by atoms with Crippen molar-refractivity contribution in [1.29, 1.82) is 0 Å². The zero-order chi connectivity index (χ0) is 12.7. The van der Waals surface area contributed by atoms with Crippen molar-refractivity contribution in [3.8, 4) is 5.75 Å². The monoisotopic (exact) mass is 235 g/mol. The first kappa shape index (κ1) is 13.7. The van der Waals surface area contributed by atoms with E-state index in [0.29, 0.717) is 11.3 Å². The molecule has 0 aliphatic rings. The van der Waals surface area contributed by atoms with Crippen molar-refractivity contribution < 1.29 is 9.53 Å². The molecule has 1 aromatic rings. The van der Waals surface area contributed by atoms with Crippen LogP contribution in [0.3, 0.4) is 0 Å². The minimum atomic E-state index is 0.115. The third-order valence-electron chi connectivity index (χ3n) is 3.00. The Kier molecular flexibility index (Phi) is 5.67. The van der Waals surface area contributed by atoms with Gasteiger partial charge in [-0.25, -0.2) is 0 Å². The number of pyridine rings is 1. The third kappa shape index (κ3) is 3.84. The highest BCUT2D eigenvalue weighted by atomic mass is 16.5. The first-order chi connectivity index (χ1) is 8.22. The number of unbranched alkanes of at least 4 members (excludes halogenated alkanes) is 1. The van der Waals surface area contributed by atoms with Crippen molar-refractivity contribution in [3.05, 3.63) is 24.0 Å². The van der Waals surface area contributed by atoms with Crippen LogP contribution in [0.1, 0.15) is 49.9 Å². The van der Waals surface area contributed by atoms with E-state index >= 15 is 0 Å². The second-order valence-electron chi connectivity index (χ2n) is 4.23. The lowest BCUT2D eigenvalue weighted by Gasteiger charge is -2.13. The molecule has 0 saturated carbocycles. The summed E-state index contributed by atoms with van der Waals surface area (Å²) in [6.07, 6.45) is 7.31. The fraction of sp³-hybridized carbons (Fsp3) is 0.571. The molecule has 0 aliphatic carbocycles. The van der Waals surface area contributed by atoms with Crippen LogP contribution in [0.25, 0.3) is 0 Å². The lowest BCUT2D eigenvalue weighted by molar-refractivity contribution is 0.0907. The minimum Gasteiger partial charge on any atom is -0.495 e. The zero-order valence-corrected chi connectivity index (χ0v) is 10.9. The van der Waals surface area contributed by atoms with E-state index in [-0.39, 0.29) is 11.7 Å². The van der Waals surface area contributed by atoms with Crippen LogP contribution in [0.2, 0.25) is 0 Å². The molecule has 0 spiro atoms. The van der Waals surface area contributed by atoms with Gasteiger partial charge in [0.05, 0.1) is 13.3 Å². The van der Waals surface area contributed by atoms with Gasteiger partial charge in [0.2, 0.25) is 0 Å². The Balaban J connectivity index is 2.78. The molecule has 0 saturated heterocycles. The maximum Gasteiger partial charge on any atom is 0.167 e. The molecule has 0 radical (unpaired) electrons. The van der Waals surface area contributed by atoms with Crippen molar-refractivity contribution in [3.63, 3.8) is 0 Å². The van der Waals surface area contributed by atoms with Gasteiger partial charge in [-0.05, 0) is 18.9 Å². The molecule has 0 amide bonds. The Morgan fingerprint density at radius 3 is 2.76 bits per heavy atom. The topological polar surface area (TPSA) is 39.2 Å². The maximum atomic E-state index is 12.3. The number of ether oxygens (including phenoxy) is 1. The molecule has 3 heteroatoms. The first-order valence-electron chi connectivity index (χ1n) is 6.26. The average Bonchev–Trinajstić information content (AvgIpc) is 2.39. The SMILES string of the molecule is CCCCC(CC)C(=O)c1cncc(OC)c1. The summed E-state index contributed by atoms with van der Waals surface area (Å²) in [7, 11) is 1.58. The van der Waals surface area contributed by atoms with Gasteiger partial charge in [0.1, 0.15) is 5.75 Å². The van der Waals surface area contributed by atoms with E-state index in [1.54, 1.807) is 25.6 Å². The number of rotatable bonds is 7. The smallest absolute Gasteiger partial charge is 0.167 e. The summed E-state index contributed by atoms with van der Waals surface area (Å²) in [5.74, 6) is 0.942. The maximum absolute atomic E-state index is 12.3. The van der Waals surface area contributed by atoms with Crippen molar-refractivity contribution in [2.45, 2.75) is 39.5 Å². The number of carbonyl (C=O) groups is 1. The predicted octanol–water partition coefficient (Wildman–Crippen LogP) is 3.49. The molecular formula is C14H21NO2. The van der Waals surface area contributed by atoms with E-state index in [1.807, 2.05) is 0 Å². The van der Waals surface area contributed by atoms with Crippen LogP contribution in [-0.4, -0.2) is 17.9 Å². The van der Waals surface area contributed by atoms with Gasteiger partial charge in [-0.15, -0.1) is 0 Å². The Labute approximate surface area is 103 Å². The van der Waals surface area contributed by atoms with Crippen LogP contribution in [-0.2, 0) is 0 Å². The average molecular weight is 235 g/mol. The molecule has 1 atom stereocenters. The zero-order valence-electron chi connectivity index (χ0n) is 10.9. The molecule has 0 N–H and O–H groups in total. The second kappa shape index (κ2) is 7.05. The molecule has 17 heavy (non-hydrogen) atoms. The largest absolute Gasteiger partial charge is 0.495 e. The van der Waals surface area contributed by atoms with E-state index in [1.165, 1.54) is 0 Å². The Bertz CT molecular complexity index is 363. The highest BCUT2D eigenvalue weighted by molar-refractivity contribution is 5.97. The standard InChI is InChI=1S/C14H21NO2/c1-4-6-7-11(5-2)14(16)12-8-13(17-3)10-15-9-12/h8-11H,4-7H2,1-3H3. The molecule has 0 aromatic carbocycles. The summed E-state index contributed by atoms with van der Waals surface area (Å²) in [5.41, 5.74) is 0.660. The summed E-state index contributed by atoms with van der Waals surface area (Å²) in [6, 6.07) is 1.77. The molecular weight excluding hydrogens is 214 g/mol. The van der Waals surface area contributed by atoms with Crippen LogP contribution >= 0.6 is 0 Å². The van der Waals surface area contributed by atoms with E-state index < -0.39 is 0 Å². The van der Waals surface area contributed by atoms with Crippen LogP contribution in [0.5, 0.6) is 5.75 Å². The minimum absolute atomic E-state index is 0.115. The van der Waals surface area contributed by atoms with Gasteiger partial charge in [0, 0.05) is 17.7 Å². The second-order valence-corrected chi connectivity index (χ2v) is 4.23. The lowest BCUT2D eigenvalue weighted by atomic mass is 9.91. The van der Waals surface area contributed by atoms with Gasteiger partial charge >= 0.3 is 0 Å². The first-order valence-corrected chi connectivity index (χ1v) is 6.26.